The molecular formula is C20H22FN5OS. The van der Waals surface area contributed by atoms with Gasteiger partial charge < -0.3 is 5.32 Å². The van der Waals surface area contributed by atoms with E-state index in [1.807, 2.05) is 0 Å². The molecule has 2 heterocycles. The molecule has 0 saturated heterocycles. The van der Waals surface area contributed by atoms with Crippen molar-refractivity contribution in [3.05, 3.63) is 42.6 Å². The molecule has 3 aromatic rings. The fourth-order valence-electron chi connectivity index (χ4n) is 3.54. The van der Waals surface area contributed by atoms with Crippen LogP contribution in [0.25, 0.3) is 16.7 Å². The van der Waals surface area contributed by atoms with E-state index in [9.17, 15) is 9.18 Å². The number of nitrogens with zero attached hydrogens (tertiary/aromatic N) is 4. The van der Waals surface area contributed by atoms with Crippen LogP contribution < -0.4 is 5.32 Å². The van der Waals surface area contributed by atoms with Gasteiger partial charge in [0, 0.05) is 6.54 Å². The molecule has 8 heteroatoms. The van der Waals surface area contributed by atoms with E-state index in [-0.39, 0.29) is 11.7 Å². The largest absolute Gasteiger partial charge is 0.355 e. The Morgan fingerprint density at radius 3 is 2.75 bits per heavy atom. The molecule has 1 aliphatic rings. The molecule has 2 aromatic heterocycles. The summed E-state index contributed by atoms with van der Waals surface area (Å²) in [6, 6.07) is 6.07. The average Bonchev–Trinajstić information content (AvgIpc) is 3.17. The van der Waals surface area contributed by atoms with Crippen LogP contribution in [0.2, 0.25) is 0 Å². The molecule has 4 rings (SSSR count). The zero-order valence-corrected chi connectivity index (χ0v) is 16.3. The highest BCUT2D eigenvalue weighted by Gasteiger charge is 2.16. The van der Waals surface area contributed by atoms with Gasteiger partial charge in [-0.1, -0.05) is 31.0 Å². The summed E-state index contributed by atoms with van der Waals surface area (Å²) in [7, 11) is 0. The van der Waals surface area contributed by atoms with E-state index in [4.69, 9.17) is 0 Å². The highest BCUT2D eigenvalue weighted by atomic mass is 32.2. The van der Waals surface area contributed by atoms with Gasteiger partial charge in [0.1, 0.15) is 17.2 Å². The van der Waals surface area contributed by atoms with Crippen molar-refractivity contribution in [1.82, 2.24) is 25.1 Å². The quantitative estimate of drug-likeness (QED) is 0.505. The number of amides is 1. The Labute approximate surface area is 166 Å². The van der Waals surface area contributed by atoms with Gasteiger partial charge >= 0.3 is 0 Å². The van der Waals surface area contributed by atoms with Gasteiger partial charge in [-0.05, 0) is 43.0 Å². The summed E-state index contributed by atoms with van der Waals surface area (Å²) in [5.74, 6) is 0.640. The number of halogens is 1. The lowest BCUT2D eigenvalue weighted by Gasteiger charge is -2.21. The third-order valence-electron chi connectivity index (χ3n) is 5.05. The molecule has 28 heavy (non-hydrogen) atoms. The van der Waals surface area contributed by atoms with E-state index < -0.39 is 0 Å². The predicted molar refractivity (Wildman–Crippen MR) is 107 cm³/mol. The molecule has 0 spiro atoms. The molecule has 1 fully saturated rings. The Morgan fingerprint density at radius 2 is 1.96 bits per heavy atom. The van der Waals surface area contributed by atoms with Crippen LogP contribution in [0.1, 0.15) is 32.1 Å². The number of benzene rings is 1. The van der Waals surface area contributed by atoms with Gasteiger partial charge in [0.15, 0.2) is 5.65 Å². The summed E-state index contributed by atoms with van der Waals surface area (Å²) < 4.78 is 14.8. The molecule has 0 bridgehead atoms. The minimum Gasteiger partial charge on any atom is -0.355 e. The Kier molecular flexibility index (Phi) is 5.85. The first kappa shape index (κ1) is 18.9. The SMILES string of the molecule is O=C(CSc1ncnc2c1cnn2-c1ccc(F)cc1)NCC1CCCCC1. The van der Waals surface area contributed by atoms with Crippen LogP contribution >= 0.6 is 11.8 Å². The maximum atomic E-state index is 13.2. The van der Waals surface area contributed by atoms with Crippen molar-refractivity contribution in [3.63, 3.8) is 0 Å². The van der Waals surface area contributed by atoms with Crippen LogP contribution in [0.5, 0.6) is 0 Å². The van der Waals surface area contributed by atoms with Crippen molar-refractivity contribution < 1.29 is 9.18 Å². The lowest BCUT2D eigenvalue weighted by molar-refractivity contribution is -0.118. The summed E-state index contributed by atoms with van der Waals surface area (Å²) in [4.78, 5) is 20.8. The van der Waals surface area contributed by atoms with Crippen LogP contribution in [-0.4, -0.2) is 38.0 Å². The first-order valence-corrected chi connectivity index (χ1v) is 10.5. The summed E-state index contributed by atoms with van der Waals surface area (Å²) in [6.45, 7) is 0.765. The van der Waals surface area contributed by atoms with Crippen molar-refractivity contribution in [2.75, 3.05) is 12.3 Å². The van der Waals surface area contributed by atoms with Gasteiger partial charge in [-0.3, -0.25) is 4.79 Å². The zero-order chi connectivity index (χ0) is 19.3. The minimum absolute atomic E-state index is 0.0215. The van der Waals surface area contributed by atoms with Crippen LogP contribution in [0, 0.1) is 11.7 Å². The Balaban J connectivity index is 1.41. The third kappa shape index (κ3) is 4.32. The van der Waals surface area contributed by atoms with Crippen molar-refractivity contribution in [1.29, 1.82) is 0 Å². The third-order valence-corrected chi connectivity index (χ3v) is 6.06. The lowest BCUT2D eigenvalue weighted by Crippen LogP contribution is -2.31. The summed E-state index contributed by atoms with van der Waals surface area (Å²) >= 11 is 1.38. The molecule has 1 amide bonds. The number of aromatic nitrogens is 4. The van der Waals surface area contributed by atoms with Gasteiger partial charge in [0.2, 0.25) is 5.91 Å². The average molecular weight is 399 g/mol. The standard InChI is InChI=1S/C20H22FN5OS/c21-15-6-8-16(9-7-15)26-19-17(11-25-26)20(24-13-23-19)28-12-18(27)22-10-14-4-2-1-3-5-14/h6-9,11,13-14H,1-5,10,12H2,(H,22,27). The van der Waals surface area contributed by atoms with Crippen LogP contribution in [0.3, 0.4) is 0 Å². The van der Waals surface area contributed by atoms with E-state index in [1.165, 1.54) is 62.3 Å². The predicted octanol–water partition coefficient (Wildman–Crippen LogP) is 3.74. The number of hydrogen-bond acceptors (Lipinski definition) is 5. The number of hydrogen-bond donors (Lipinski definition) is 1. The summed E-state index contributed by atoms with van der Waals surface area (Å²) in [5.41, 5.74) is 1.35. The van der Waals surface area contributed by atoms with E-state index in [0.29, 0.717) is 22.3 Å². The number of fused-ring (bicyclic) bond motifs is 1. The van der Waals surface area contributed by atoms with Crippen LogP contribution in [0.15, 0.2) is 41.8 Å². The molecule has 0 atom stereocenters. The van der Waals surface area contributed by atoms with E-state index in [1.54, 1.807) is 23.0 Å². The van der Waals surface area contributed by atoms with Crippen molar-refractivity contribution >= 4 is 28.7 Å². The molecule has 0 radical (unpaired) electrons. The van der Waals surface area contributed by atoms with Crippen molar-refractivity contribution in [3.8, 4) is 5.69 Å². The summed E-state index contributed by atoms with van der Waals surface area (Å²) in [5, 5.41) is 8.89. The van der Waals surface area contributed by atoms with E-state index >= 15 is 0 Å². The van der Waals surface area contributed by atoms with Gasteiger partial charge in [-0.2, -0.15) is 5.10 Å². The Hall–Kier alpha value is -2.48. The second kappa shape index (κ2) is 8.68. The van der Waals surface area contributed by atoms with E-state index in [0.717, 1.165) is 17.6 Å². The number of carbonyl (C=O) groups excluding carboxylic acids is 1. The van der Waals surface area contributed by atoms with Gasteiger partial charge in [0.05, 0.1) is 23.0 Å². The molecule has 6 nitrogen and oxygen atoms in total. The van der Waals surface area contributed by atoms with Crippen molar-refractivity contribution in [2.45, 2.75) is 37.1 Å². The second-order valence-electron chi connectivity index (χ2n) is 7.05. The first-order chi connectivity index (χ1) is 13.7. The molecule has 1 saturated carbocycles. The Morgan fingerprint density at radius 1 is 1.18 bits per heavy atom. The van der Waals surface area contributed by atoms with Crippen LogP contribution in [-0.2, 0) is 4.79 Å². The maximum absolute atomic E-state index is 13.2. The van der Waals surface area contributed by atoms with Crippen molar-refractivity contribution in [2.24, 2.45) is 5.92 Å². The molecule has 146 valence electrons. The lowest BCUT2D eigenvalue weighted by atomic mass is 9.89. The number of rotatable bonds is 6. The molecule has 1 aromatic carbocycles. The molecular weight excluding hydrogens is 377 g/mol. The monoisotopic (exact) mass is 399 g/mol. The maximum Gasteiger partial charge on any atom is 0.230 e. The topological polar surface area (TPSA) is 72.7 Å². The summed E-state index contributed by atoms with van der Waals surface area (Å²) in [6.07, 6.45) is 9.42. The number of carbonyl (C=O) groups is 1. The van der Waals surface area contributed by atoms with Gasteiger partial charge in [-0.25, -0.2) is 19.0 Å². The number of thioether (sulfide) groups is 1. The molecule has 1 aliphatic carbocycles. The molecule has 0 unspecified atom stereocenters. The Bertz CT molecular complexity index is 953. The highest BCUT2D eigenvalue weighted by Crippen LogP contribution is 2.26. The highest BCUT2D eigenvalue weighted by molar-refractivity contribution is 8.00. The van der Waals surface area contributed by atoms with Gasteiger partial charge in [0.25, 0.3) is 0 Å². The van der Waals surface area contributed by atoms with Crippen LogP contribution in [0.4, 0.5) is 4.39 Å². The normalized spacial score (nSPS) is 15.0. The van der Waals surface area contributed by atoms with E-state index in [2.05, 4.69) is 20.4 Å². The smallest absolute Gasteiger partial charge is 0.230 e. The van der Waals surface area contributed by atoms with Gasteiger partial charge in [-0.15, -0.1) is 0 Å². The fourth-order valence-corrected chi connectivity index (χ4v) is 4.33. The first-order valence-electron chi connectivity index (χ1n) is 9.55. The molecule has 0 aliphatic heterocycles. The second-order valence-corrected chi connectivity index (χ2v) is 8.01. The number of nitrogens with one attached hydrogen (secondary N) is 1. The molecule has 1 N–H and O–H groups in total. The zero-order valence-electron chi connectivity index (χ0n) is 15.5. The fraction of sp³-hybridized carbons (Fsp3) is 0.400. The minimum atomic E-state index is -0.301.